The Balaban J connectivity index is 1.48. The minimum Gasteiger partial charge on any atom is -0.381 e. The lowest BCUT2D eigenvalue weighted by Gasteiger charge is -2.07. The number of nitrogens with one attached hydrogen (secondary N) is 1. The topological polar surface area (TPSA) is 62.1 Å². The van der Waals surface area contributed by atoms with Crippen molar-refractivity contribution in [1.82, 2.24) is 5.32 Å². The predicted molar refractivity (Wildman–Crippen MR) is 98.1 cm³/mol. The summed E-state index contributed by atoms with van der Waals surface area (Å²) in [6.07, 6.45) is 2.88. The highest BCUT2D eigenvalue weighted by atomic mass is 16.5. The number of nitrogens with zero attached hydrogens (tertiary/aromatic N) is 1. The van der Waals surface area contributed by atoms with Gasteiger partial charge in [-0.3, -0.25) is 4.79 Å². The molecular weight excluding hydrogens is 312 g/mol. The van der Waals surface area contributed by atoms with Crippen LogP contribution in [0.15, 0.2) is 54.6 Å². The number of aryl methyl sites for hydroxylation is 1. The van der Waals surface area contributed by atoms with Gasteiger partial charge in [-0.1, -0.05) is 42.5 Å². The summed E-state index contributed by atoms with van der Waals surface area (Å²) in [6.45, 7) is 2.00. The molecular formula is C21H24N2O2. The van der Waals surface area contributed by atoms with Crippen molar-refractivity contribution in [3.05, 3.63) is 71.3 Å². The maximum atomic E-state index is 11.8. The first kappa shape index (κ1) is 18.7. The van der Waals surface area contributed by atoms with E-state index in [2.05, 4.69) is 23.5 Å². The molecule has 2 aromatic rings. The first-order chi connectivity index (χ1) is 12.3. The Bertz CT molecular complexity index is 675. The van der Waals surface area contributed by atoms with E-state index in [9.17, 15) is 4.79 Å². The number of hydrogen-bond acceptors (Lipinski definition) is 3. The number of amides is 1. The second kappa shape index (κ2) is 11.0. The molecule has 4 nitrogen and oxygen atoms in total. The highest BCUT2D eigenvalue weighted by molar-refractivity contribution is 5.76. The molecule has 0 aliphatic rings. The molecule has 2 aromatic carbocycles. The predicted octanol–water partition coefficient (Wildman–Crippen LogP) is 3.26. The third-order valence-electron chi connectivity index (χ3n) is 3.89. The summed E-state index contributed by atoms with van der Waals surface area (Å²) in [5.74, 6) is 0.0497. The van der Waals surface area contributed by atoms with Crippen molar-refractivity contribution >= 4 is 5.91 Å². The van der Waals surface area contributed by atoms with Gasteiger partial charge in [0.25, 0.3) is 0 Å². The van der Waals surface area contributed by atoms with Gasteiger partial charge in [-0.2, -0.15) is 5.26 Å². The molecule has 4 heteroatoms. The summed E-state index contributed by atoms with van der Waals surface area (Å²) in [5.41, 5.74) is 2.98. The van der Waals surface area contributed by atoms with Crippen LogP contribution in [0.4, 0.5) is 0 Å². The van der Waals surface area contributed by atoms with E-state index in [1.54, 1.807) is 12.1 Å². The van der Waals surface area contributed by atoms with Gasteiger partial charge >= 0.3 is 0 Å². The first-order valence-corrected chi connectivity index (χ1v) is 8.65. The largest absolute Gasteiger partial charge is 0.381 e. The lowest BCUT2D eigenvalue weighted by Crippen LogP contribution is -2.25. The molecule has 2 rings (SSSR count). The zero-order valence-electron chi connectivity index (χ0n) is 14.4. The molecule has 0 saturated carbocycles. The Morgan fingerprint density at radius 1 is 0.960 bits per heavy atom. The molecule has 0 aromatic heterocycles. The van der Waals surface area contributed by atoms with E-state index in [4.69, 9.17) is 10.00 Å². The SMILES string of the molecule is N#Cc1ccc(CCC(=O)NCCCOCCc2ccccc2)cc1. The number of hydrogen-bond donors (Lipinski definition) is 1. The van der Waals surface area contributed by atoms with Gasteiger partial charge in [0.15, 0.2) is 0 Å². The fourth-order valence-corrected chi connectivity index (χ4v) is 2.43. The van der Waals surface area contributed by atoms with Crippen molar-refractivity contribution in [2.75, 3.05) is 19.8 Å². The quantitative estimate of drug-likeness (QED) is 0.678. The second-order valence-corrected chi connectivity index (χ2v) is 5.86. The fourth-order valence-electron chi connectivity index (χ4n) is 2.43. The third-order valence-corrected chi connectivity index (χ3v) is 3.89. The van der Waals surface area contributed by atoms with Crippen LogP contribution in [0.2, 0.25) is 0 Å². The lowest BCUT2D eigenvalue weighted by molar-refractivity contribution is -0.121. The monoisotopic (exact) mass is 336 g/mol. The highest BCUT2D eigenvalue weighted by Crippen LogP contribution is 2.06. The molecule has 0 unspecified atom stereocenters. The van der Waals surface area contributed by atoms with Gasteiger partial charge in [-0.25, -0.2) is 0 Å². The maximum Gasteiger partial charge on any atom is 0.220 e. The van der Waals surface area contributed by atoms with Crippen LogP contribution >= 0.6 is 0 Å². The van der Waals surface area contributed by atoms with Crippen LogP contribution in [0.5, 0.6) is 0 Å². The average Bonchev–Trinajstić information content (AvgIpc) is 2.67. The van der Waals surface area contributed by atoms with E-state index in [-0.39, 0.29) is 5.91 Å². The average molecular weight is 336 g/mol. The van der Waals surface area contributed by atoms with E-state index in [0.29, 0.717) is 38.2 Å². The van der Waals surface area contributed by atoms with Crippen molar-refractivity contribution in [3.63, 3.8) is 0 Å². The van der Waals surface area contributed by atoms with Crippen LogP contribution < -0.4 is 5.32 Å². The van der Waals surface area contributed by atoms with E-state index in [1.807, 2.05) is 30.3 Å². The van der Waals surface area contributed by atoms with Crippen LogP contribution in [0.1, 0.15) is 29.5 Å². The normalized spacial score (nSPS) is 10.2. The molecule has 0 aliphatic carbocycles. The van der Waals surface area contributed by atoms with Gasteiger partial charge in [0.05, 0.1) is 18.2 Å². The van der Waals surface area contributed by atoms with Crippen LogP contribution in [0.25, 0.3) is 0 Å². The minimum absolute atomic E-state index is 0.0497. The maximum absolute atomic E-state index is 11.8. The second-order valence-electron chi connectivity index (χ2n) is 5.86. The molecule has 1 amide bonds. The van der Waals surface area contributed by atoms with Crippen LogP contribution in [-0.2, 0) is 22.4 Å². The molecule has 0 bridgehead atoms. The smallest absolute Gasteiger partial charge is 0.220 e. The standard InChI is InChI=1S/C21H24N2O2/c22-17-20-9-7-19(8-10-20)11-12-21(24)23-14-4-15-25-16-13-18-5-2-1-3-6-18/h1-3,5-10H,4,11-16H2,(H,23,24). The number of ether oxygens (including phenoxy) is 1. The molecule has 1 N–H and O–H groups in total. The van der Waals surface area contributed by atoms with Crippen LogP contribution in [0, 0.1) is 11.3 Å². The Hall–Kier alpha value is -2.64. The highest BCUT2D eigenvalue weighted by Gasteiger charge is 2.02. The van der Waals surface area contributed by atoms with Gasteiger partial charge in [0.2, 0.25) is 5.91 Å². The fraction of sp³-hybridized carbons (Fsp3) is 0.333. The number of carbonyl (C=O) groups excluding carboxylic acids is 1. The molecule has 25 heavy (non-hydrogen) atoms. The lowest BCUT2D eigenvalue weighted by atomic mass is 10.1. The minimum atomic E-state index is 0.0497. The van der Waals surface area contributed by atoms with Crippen LogP contribution in [-0.4, -0.2) is 25.7 Å². The molecule has 130 valence electrons. The Morgan fingerprint density at radius 2 is 1.68 bits per heavy atom. The Morgan fingerprint density at radius 3 is 2.40 bits per heavy atom. The van der Waals surface area contributed by atoms with Gasteiger partial charge in [0.1, 0.15) is 0 Å². The molecule has 0 saturated heterocycles. The van der Waals surface area contributed by atoms with E-state index in [0.717, 1.165) is 18.4 Å². The summed E-state index contributed by atoms with van der Waals surface area (Å²) < 4.78 is 5.59. The number of carbonyl (C=O) groups is 1. The summed E-state index contributed by atoms with van der Waals surface area (Å²) >= 11 is 0. The van der Waals surface area contributed by atoms with Gasteiger partial charge < -0.3 is 10.1 Å². The summed E-state index contributed by atoms with van der Waals surface area (Å²) in [6, 6.07) is 19.7. The van der Waals surface area contributed by atoms with Crippen molar-refractivity contribution < 1.29 is 9.53 Å². The van der Waals surface area contributed by atoms with Crippen molar-refractivity contribution in [2.45, 2.75) is 25.7 Å². The molecule has 0 radical (unpaired) electrons. The van der Waals surface area contributed by atoms with Crippen LogP contribution in [0.3, 0.4) is 0 Å². The van der Waals surface area contributed by atoms with Gasteiger partial charge in [-0.05, 0) is 42.5 Å². The number of rotatable bonds is 10. The first-order valence-electron chi connectivity index (χ1n) is 8.65. The summed E-state index contributed by atoms with van der Waals surface area (Å²) in [5, 5.41) is 11.7. The Labute approximate surface area is 149 Å². The number of nitriles is 1. The van der Waals surface area contributed by atoms with E-state index < -0.39 is 0 Å². The zero-order valence-corrected chi connectivity index (χ0v) is 14.4. The molecule has 0 spiro atoms. The van der Waals surface area contributed by atoms with Crippen molar-refractivity contribution in [2.24, 2.45) is 0 Å². The number of benzene rings is 2. The summed E-state index contributed by atoms with van der Waals surface area (Å²) in [4.78, 5) is 11.8. The molecule has 0 aliphatic heterocycles. The third kappa shape index (κ3) is 7.65. The van der Waals surface area contributed by atoms with E-state index >= 15 is 0 Å². The Kier molecular flexibility index (Phi) is 8.23. The van der Waals surface area contributed by atoms with E-state index in [1.165, 1.54) is 5.56 Å². The van der Waals surface area contributed by atoms with Crippen molar-refractivity contribution in [3.8, 4) is 6.07 Å². The van der Waals surface area contributed by atoms with Gasteiger partial charge in [0, 0.05) is 19.6 Å². The molecule has 0 heterocycles. The summed E-state index contributed by atoms with van der Waals surface area (Å²) in [7, 11) is 0. The molecule has 0 fully saturated rings. The molecule has 0 atom stereocenters. The van der Waals surface area contributed by atoms with Crippen molar-refractivity contribution in [1.29, 1.82) is 5.26 Å². The zero-order chi connectivity index (χ0) is 17.7. The van der Waals surface area contributed by atoms with Gasteiger partial charge in [-0.15, -0.1) is 0 Å².